The Balaban J connectivity index is 0.000000771. The van der Waals surface area contributed by atoms with Crippen LogP contribution in [0.15, 0.2) is 54.6 Å². The number of ether oxygens (including phenoxy) is 1. The maximum absolute atomic E-state index is 5.83. The van der Waals surface area contributed by atoms with Gasteiger partial charge in [-0.25, -0.2) is 0 Å². The van der Waals surface area contributed by atoms with Crippen LogP contribution in [0.25, 0.3) is 0 Å². The van der Waals surface area contributed by atoms with Crippen LogP contribution in [0.4, 0.5) is 5.69 Å². The van der Waals surface area contributed by atoms with Gasteiger partial charge in [-0.05, 0) is 24.3 Å². The predicted molar refractivity (Wildman–Crippen MR) is 78.6 cm³/mol. The van der Waals surface area contributed by atoms with Gasteiger partial charge in [0.05, 0.1) is 5.69 Å². The highest BCUT2D eigenvalue weighted by Crippen LogP contribution is 2.30. The van der Waals surface area contributed by atoms with Crippen LogP contribution < -0.4 is 9.64 Å². The van der Waals surface area contributed by atoms with E-state index in [-0.39, 0.29) is 0 Å². The van der Waals surface area contributed by atoms with E-state index in [4.69, 9.17) is 4.74 Å². The molecule has 0 saturated carbocycles. The molecule has 0 aliphatic rings. The Morgan fingerprint density at radius 1 is 0.778 bits per heavy atom. The Morgan fingerprint density at radius 3 is 1.94 bits per heavy atom. The van der Waals surface area contributed by atoms with E-state index in [1.54, 1.807) is 0 Å². The summed E-state index contributed by atoms with van der Waals surface area (Å²) in [6.07, 6.45) is 0. The first kappa shape index (κ1) is 14.1. The lowest BCUT2D eigenvalue weighted by Crippen LogP contribution is -2.09. The van der Waals surface area contributed by atoms with E-state index in [9.17, 15) is 0 Å². The number of benzene rings is 2. The molecule has 0 aromatic heterocycles. The molecule has 0 atom stereocenters. The number of rotatable bonds is 3. The normalized spacial score (nSPS) is 9.11. The Hall–Kier alpha value is -1.96. The van der Waals surface area contributed by atoms with Crippen LogP contribution in [-0.2, 0) is 0 Å². The van der Waals surface area contributed by atoms with Crippen LogP contribution in [-0.4, -0.2) is 14.1 Å². The molecule has 2 rings (SSSR count). The maximum Gasteiger partial charge on any atom is 0.150 e. The second-order valence-electron chi connectivity index (χ2n) is 3.78. The van der Waals surface area contributed by atoms with Gasteiger partial charge >= 0.3 is 0 Å². The van der Waals surface area contributed by atoms with E-state index < -0.39 is 0 Å². The van der Waals surface area contributed by atoms with Crippen molar-refractivity contribution < 1.29 is 4.74 Å². The molecule has 0 aliphatic carbocycles. The number of hydrogen-bond donors (Lipinski definition) is 0. The zero-order valence-electron chi connectivity index (χ0n) is 11.6. The van der Waals surface area contributed by atoms with Gasteiger partial charge in [-0.3, -0.25) is 0 Å². The third kappa shape index (κ3) is 3.81. The second kappa shape index (κ2) is 7.38. The molecule has 0 amide bonds. The van der Waals surface area contributed by atoms with Crippen molar-refractivity contribution in [1.29, 1.82) is 0 Å². The molecule has 2 nitrogen and oxygen atoms in total. The Kier molecular flexibility index (Phi) is 5.78. The summed E-state index contributed by atoms with van der Waals surface area (Å²) >= 11 is 0. The largest absolute Gasteiger partial charge is 0.455 e. The van der Waals surface area contributed by atoms with E-state index in [1.807, 2.05) is 87.4 Å². The van der Waals surface area contributed by atoms with Crippen molar-refractivity contribution >= 4 is 5.69 Å². The number of nitrogens with zero attached hydrogens (tertiary/aromatic N) is 1. The molecular formula is C16H21NO. The molecule has 2 aromatic carbocycles. The summed E-state index contributed by atoms with van der Waals surface area (Å²) in [5.41, 5.74) is 1.08. The van der Waals surface area contributed by atoms with Crippen molar-refractivity contribution in [2.24, 2.45) is 0 Å². The first-order valence-electron chi connectivity index (χ1n) is 6.26. The summed E-state index contributed by atoms with van der Waals surface area (Å²) in [7, 11) is 4.01. The van der Waals surface area contributed by atoms with Gasteiger partial charge in [-0.1, -0.05) is 44.2 Å². The lowest BCUT2D eigenvalue weighted by Gasteiger charge is -2.17. The van der Waals surface area contributed by atoms with Gasteiger partial charge in [-0.15, -0.1) is 0 Å². The van der Waals surface area contributed by atoms with Gasteiger partial charge in [0.25, 0.3) is 0 Å². The molecule has 0 bridgehead atoms. The molecule has 0 heterocycles. The average molecular weight is 243 g/mol. The zero-order valence-corrected chi connectivity index (χ0v) is 11.6. The van der Waals surface area contributed by atoms with Crippen LogP contribution in [0.5, 0.6) is 11.5 Å². The van der Waals surface area contributed by atoms with Gasteiger partial charge in [-0.2, -0.15) is 0 Å². The van der Waals surface area contributed by atoms with Crippen molar-refractivity contribution in [1.82, 2.24) is 0 Å². The molecule has 0 unspecified atom stereocenters. The van der Waals surface area contributed by atoms with Gasteiger partial charge in [0.15, 0.2) is 5.75 Å². The zero-order chi connectivity index (χ0) is 13.4. The fraction of sp³-hybridized carbons (Fsp3) is 0.250. The number of para-hydroxylation sites is 3. The maximum atomic E-state index is 5.83. The molecule has 0 radical (unpaired) electrons. The predicted octanol–water partition coefficient (Wildman–Crippen LogP) is 4.57. The minimum absolute atomic E-state index is 0.858. The lowest BCUT2D eigenvalue weighted by molar-refractivity contribution is 0.483. The SMILES string of the molecule is CC.CN(C)c1ccccc1Oc1ccccc1. The van der Waals surface area contributed by atoms with Crippen molar-refractivity contribution in [2.75, 3.05) is 19.0 Å². The van der Waals surface area contributed by atoms with E-state index >= 15 is 0 Å². The van der Waals surface area contributed by atoms with E-state index in [2.05, 4.69) is 0 Å². The van der Waals surface area contributed by atoms with Gasteiger partial charge in [0, 0.05) is 14.1 Å². The van der Waals surface area contributed by atoms with Gasteiger partial charge in [0.2, 0.25) is 0 Å². The second-order valence-corrected chi connectivity index (χ2v) is 3.78. The lowest BCUT2D eigenvalue weighted by atomic mass is 10.2. The summed E-state index contributed by atoms with van der Waals surface area (Å²) in [4.78, 5) is 2.04. The van der Waals surface area contributed by atoms with Crippen LogP contribution in [0.1, 0.15) is 13.8 Å². The van der Waals surface area contributed by atoms with Crippen molar-refractivity contribution in [2.45, 2.75) is 13.8 Å². The molecule has 0 aliphatic heterocycles. The van der Waals surface area contributed by atoms with Crippen LogP contribution in [0.2, 0.25) is 0 Å². The highest BCUT2D eigenvalue weighted by molar-refractivity contribution is 5.58. The topological polar surface area (TPSA) is 12.5 Å². The van der Waals surface area contributed by atoms with Crippen LogP contribution in [0.3, 0.4) is 0 Å². The monoisotopic (exact) mass is 243 g/mol. The quantitative estimate of drug-likeness (QED) is 0.783. The summed E-state index contributed by atoms with van der Waals surface area (Å²) in [6.45, 7) is 4.00. The molecule has 0 spiro atoms. The highest BCUT2D eigenvalue weighted by atomic mass is 16.5. The Bertz CT molecular complexity index is 452. The molecule has 2 heteroatoms. The third-order valence-corrected chi connectivity index (χ3v) is 2.32. The Morgan fingerprint density at radius 2 is 1.33 bits per heavy atom. The molecule has 0 N–H and O–H groups in total. The summed E-state index contributed by atoms with van der Waals surface area (Å²) in [5.74, 6) is 1.73. The molecule has 2 aromatic rings. The van der Waals surface area contributed by atoms with Crippen molar-refractivity contribution in [3.63, 3.8) is 0 Å². The van der Waals surface area contributed by atoms with Crippen LogP contribution in [0, 0.1) is 0 Å². The standard InChI is InChI=1S/C14H15NO.C2H6/c1-15(2)13-10-6-7-11-14(13)16-12-8-4-3-5-9-12;1-2/h3-11H,1-2H3;1-2H3. The van der Waals surface area contributed by atoms with Crippen molar-refractivity contribution in [3.05, 3.63) is 54.6 Å². The minimum atomic E-state index is 0.858. The third-order valence-electron chi connectivity index (χ3n) is 2.32. The summed E-state index contributed by atoms with van der Waals surface area (Å²) in [6, 6.07) is 17.8. The minimum Gasteiger partial charge on any atom is -0.455 e. The van der Waals surface area contributed by atoms with E-state index in [0.29, 0.717) is 0 Å². The fourth-order valence-corrected chi connectivity index (χ4v) is 1.53. The average Bonchev–Trinajstić information content (AvgIpc) is 2.42. The van der Waals surface area contributed by atoms with E-state index in [1.165, 1.54) is 0 Å². The first-order valence-corrected chi connectivity index (χ1v) is 6.26. The molecule has 0 fully saturated rings. The van der Waals surface area contributed by atoms with Crippen LogP contribution >= 0.6 is 0 Å². The molecule has 0 saturated heterocycles. The van der Waals surface area contributed by atoms with Crippen molar-refractivity contribution in [3.8, 4) is 11.5 Å². The first-order chi connectivity index (χ1) is 8.77. The summed E-state index contributed by atoms with van der Waals surface area (Å²) < 4.78 is 5.83. The smallest absolute Gasteiger partial charge is 0.150 e. The van der Waals surface area contributed by atoms with Gasteiger partial charge in [0.1, 0.15) is 5.75 Å². The molecule has 18 heavy (non-hydrogen) atoms. The molecular weight excluding hydrogens is 222 g/mol. The van der Waals surface area contributed by atoms with Gasteiger partial charge < -0.3 is 9.64 Å². The highest BCUT2D eigenvalue weighted by Gasteiger charge is 2.04. The van der Waals surface area contributed by atoms with E-state index in [0.717, 1.165) is 17.2 Å². The Labute approximate surface area is 110 Å². The summed E-state index contributed by atoms with van der Waals surface area (Å²) in [5, 5.41) is 0. The number of anilines is 1. The number of hydrogen-bond acceptors (Lipinski definition) is 2. The fourth-order valence-electron chi connectivity index (χ4n) is 1.53. The molecule has 96 valence electrons.